The molecule has 1 nitrogen and oxygen atoms in total. The normalized spacial score (nSPS) is 11.7. The molecular formula is C52H33NS. The summed E-state index contributed by atoms with van der Waals surface area (Å²) in [6.45, 7) is 0. The van der Waals surface area contributed by atoms with E-state index >= 15 is 0 Å². The van der Waals surface area contributed by atoms with E-state index in [0.717, 1.165) is 17.1 Å². The van der Waals surface area contributed by atoms with E-state index in [1.807, 2.05) is 11.3 Å². The number of hydrogen-bond donors (Lipinski definition) is 0. The quantitative estimate of drug-likeness (QED) is 0.161. The molecule has 0 aliphatic heterocycles. The Balaban J connectivity index is 1.16. The van der Waals surface area contributed by atoms with Gasteiger partial charge in [0.2, 0.25) is 0 Å². The lowest BCUT2D eigenvalue weighted by atomic mass is 9.90. The number of fused-ring (bicyclic) bond motifs is 9. The predicted molar refractivity (Wildman–Crippen MR) is 235 cm³/mol. The van der Waals surface area contributed by atoms with Gasteiger partial charge >= 0.3 is 0 Å². The molecule has 0 radical (unpaired) electrons. The Bertz CT molecular complexity index is 3210. The lowest BCUT2D eigenvalue weighted by Crippen LogP contribution is -2.10. The molecule has 1 heterocycles. The zero-order chi connectivity index (χ0) is 35.6. The van der Waals surface area contributed by atoms with Crippen LogP contribution in [0, 0.1) is 0 Å². The molecule has 11 aromatic rings. The Kier molecular flexibility index (Phi) is 7.11. The summed E-state index contributed by atoms with van der Waals surface area (Å²) in [5, 5.41) is 12.7. The van der Waals surface area contributed by atoms with Crippen molar-refractivity contribution in [2.45, 2.75) is 0 Å². The Morgan fingerprint density at radius 3 is 1.67 bits per heavy atom. The van der Waals surface area contributed by atoms with Crippen molar-refractivity contribution in [3.8, 4) is 22.3 Å². The fraction of sp³-hybridized carbons (Fsp3) is 0. The van der Waals surface area contributed by atoms with E-state index < -0.39 is 0 Å². The van der Waals surface area contributed by atoms with Gasteiger partial charge in [0, 0.05) is 37.2 Å². The van der Waals surface area contributed by atoms with E-state index in [2.05, 4.69) is 205 Å². The molecule has 0 unspecified atom stereocenters. The van der Waals surface area contributed by atoms with Crippen molar-refractivity contribution in [1.82, 2.24) is 0 Å². The first kappa shape index (κ1) is 30.8. The summed E-state index contributed by atoms with van der Waals surface area (Å²) in [5.74, 6) is 0. The van der Waals surface area contributed by atoms with Gasteiger partial charge in [0.05, 0.1) is 0 Å². The van der Waals surface area contributed by atoms with Crippen LogP contribution >= 0.6 is 11.3 Å². The van der Waals surface area contributed by atoms with Gasteiger partial charge in [-0.05, 0) is 108 Å². The maximum Gasteiger partial charge on any atom is 0.0476 e. The molecule has 0 fully saturated rings. The molecule has 0 aliphatic rings. The molecule has 0 N–H and O–H groups in total. The van der Waals surface area contributed by atoms with Crippen LogP contribution in [0.2, 0.25) is 0 Å². The summed E-state index contributed by atoms with van der Waals surface area (Å²) in [6.07, 6.45) is 0. The molecule has 2 heteroatoms. The standard InChI is InChI=1S/C52H33NS/c1-2-12-34(13-3-1)35-22-25-39(26-23-35)53(40-27-29-47-48-28-24-36-14-4-9-19-44(36)52(48)54-51(47)33-40)41-30-37-15-5-8-18-43(37)50(32-41)49-31-38-16-6-7-17-42(38)45-20-10-11-21-46(45)49/h1-33H. The van der Waals surface area contributed by atoms with Crippen LogP contribution in [-0.2, 0) is 0 Å². The minimum atomic E-state index is 1.12. The summed E-state index contributed by atoms with van der Waals surface area (Å²) in [5.41, 5.74) is 8.26. The van der Waals surface area contributed by atoms with Gasteiger partial charge in [-0.1, -0.05) is 158 Å². The number of rotatable bonds is 5. The van der Waals surface area contributed by atoms with Gasteiger partial charge in [0.15, 0.2) is 0 Å². The van der Waals surface area contributed by atoms with Crippen molar-refractivity contribution in [2.24, 2.45) is 0 Å². The fourth-order valence-electron chi connectivity index (χ4n) is 8.44. The Labute approximate surface area is 317 Å². The predicted octanol–water partition coefficient (Wildman–Crippen LogP) is 15.5. The van der Waals surface area contributed by atoms with Crippen LogP contribution in [0.1, 0.15) is 0 Å². The second-order valence-electron chi connectivity index (χ2n) is 14.1. The minimum absolute atomic E-state index is 1.12. The lowest BCUT2D eigenvalue weighted by molar-refractivity contribution is 1.30. The van der Waals surface area contributed by atoms with E-state index in [1.54, 1.807) is 0 Å². The van der Waals surface area contributed by atoms with Crippen LogP contribution in [0.4, 0.5) is 17.1 Å². The average Bonchev–Trinajstić information content (AvgIpc) is 3.62. The molecule has 1 aromatic heterocycles. The van der Waals surface area contributed by atoms with Crippen molar-refractivity contribution < 1.29 is 0 Å². The highest BCUT2D eigenvalue weighted by atomic mass is 32.1. The molecule has 252 valence electrons. The van der Waals surface area contributed by atoms with Gasteiger partial charge in [-0.25, -0.2) is 0 Å². The first-order valence-electron chi connectivity index (χ1n) is 18.5. The number of benzene rings is 10. The molecule has 11 rings (SSSR count). The number of thiophene rings is 1. The molecule has 0 saturated carbocycles. The molecular weight excluding hydrogens is 671 g/mol. The largest absolute Gasteiger partial charge is 0.310 e. The molecule has 0 amide bonds. The molecule has 0 saturated heterocycles. The number of anilines is 3. The lowest BCUT2D eigenvalue weighted by Gasteiger charge is -2.27. The number of hydrogen-bond acceptors (Lipinski definition) is 2. The van der Waals surface area contributed by atoms with Crippen LogP contribution in [-0.4, -0.2) is 0 Å². The zero-order valence-corrected chi connectivity index (χ0v) is 30.2. The maximum absolute atomic E-state index is 2.44. The summed E-state index contributed by atoms with van der Waals surface area (Å²) >= 11 is 1.89. The molecule has 0 spiro atoms. The average molecular weight is 704 g/mol. The SMILES string of the molecule is c1ccc(-c2ccc(N(c3cc(-c4cc5ccccc5c5ccccc45)c4ccccc4c3)c3ccc4c(c3)sc3c5ccccc5ccc43)cc2)cc1. The van der Waals surface area contributed by atoms with Crippen LogP contribution < -0.4 is 4.90 Å². The van der Waals surface area contributed by atoms with Crippen molar-refractivity contribution >= 4 is 91.7 Å². The summed E-state index contributed by atoms with van der Waals surface area (Å²) in [6, 6.07) is 73.6. The topological polar surface area (TPSA) is 3.24 Å². The highest BCUT2D eigenvalue weighted by Gasteiger charge is 2.19. The van der Waals surface area contributed by atoms with Crippen LogP contribution in [0.15, 0.2) is 200 Å². The maximum atomic E-state index is 2.44. The first-order valence-corrected chi connectivity index (χ1v) is 19.3. The third-order valence-electron chi connectivity index (χ3n) is 11.0. The molecule has 0 bridgehead atoms. The molecule has 54 heavy (non-hydrogen) atoms. The zero-order valence-electron chi connectivity index (χ0n) is 29.4. The van der Waals surface area contributed by atoms with E-state index in [9.17, 15) is 0 Å². The van der Waals surface area contributed by atoms with Crippen molar-refractivity contribution in [3.63, 3.8) is 0 Å². The van der Waals surface area contributed by atoms with Gasteiger partial charge < -0.3 is 4.90 Å². The summed E-state index contributed by atoms with van der Waals surface area (Å²) in [7, 11) is 0. The monoisotopic (exact) mass is 703 g/mol. The van der Waals surface area contributed by atoms with E-state index in [0.29, 0.717) is 0 Å². The van der Waals surface area contributed by atoms with Crippen molar-refractivity contribution in [1.29, 1.82) is 0 Å². The number of nitrogens with zero attached hydrogens (tertiary/aromatic N) is 1. The Morgan fingerprint density at radius 1 is 0.296 bits per heavy atom. The third kappa shape index (κ3) is 4.99. The van der Waals surface area contributed by atoms with Gasteiger partial charge in [-0.3, -0.25) is 0 Å². The van der Waals surface area contributed by atoms with Crippen molar-refractivity contribution in [2.75, 3.05) is 4.90 Å². The summed E-state index contributed by atoms with van der Waals surface area (Å²) < 4.78 is 2.63. The summed E-state index contributed by atoms with van der Waals surface area (Å²) in [4.78, 5) is 2.44. The van der Waals surface area contributed by atoms with Crippen molar-refractivity contribution in [3.05, 3.63) is 200 Å². The van der Waals surface area contributed by atoms with E-state index in [4.69, 9.17) is 0 Å². The van der Waals surface area contributed by atoms with Gasteiger partial charge in [0.1, 0.15) is 0 Å². The van der Waals surface area contributed by atoms with Gasteiger partial charge in [-0.2, -0.15) is 0 Å². The molecule has 0 aliphatic carbocycles. The van der Waals surface area contributed by atoms with Gasteiger partial charge in [0.25, 0.3) is 0 Å². The third-order valence-corrected chi connectivity index (χ3v) is 12.2. The Morgan fingerprint density at radius 2 is 0.870 bits per heavy atom. The highest BCUT2D eigenvalue weighted by Crippen LogP contribution is 2.46. The van der Waals surface area contributed by atoms with E-state index in [-0.39, 0.29) is 0 Å². The minimum Gasteiger partial charge on any atom is -0.310 e. The van der Waals surface area contributed by atoms with Crippen LogP contribution in [0.5, 0.6) is 0 Å². The Hall–Kier alpha value is -6.74. The van der Waals surface area contributed by atoms with Crippen LogP contribution in [0.25, 0.3) is 85.5 Å². The first-order chi connectivity index (χ1) is 26.8. The molecule has 0 atom stereocenters. The molecule has 10 aromatic carbocycles. The smallest absolute Gasteiger partial charge is 0.0476 e. The highest BCUT2D eigenvalue weighted by molar-refractivity contribution is 7.26. The van der Waals surface area contributed by atoms with E-state index in [1.165, 1.54) is 85.5 Å². The van der Waals surface area contributed by atoms with Crippen LogP contribution in [0.3, 0.4) is 0 Å². The second kappa shape index (κ2) is 12.4. The van der Waals surface area contributed by atoms with Gasteiger partial charge in [-0.15, -0.1) is 11.3 Å². The second-order valence-corrected chi connectivity index (χ2v) is 15.2. The fourth-order valence-corrected chi connectivity index (χ4v) is 9.71.